The van der Waals surface area contributed by atoms with Crippen molar-refractivity contribution >= 4 is 6.20 Å². The maximum Gasteiger partial charge on any atom is 0.0541 e. The van der Waals surface area contributed by atoms with Crippen LogP contribution in [-0.2, 0) is 6.54 Å². The van der Waals surface area contributed by atoms with Gasteiger partial charge in [0.1, 0.15) is 0 Å². The smallest absolute Gasteiger partial charge is 0.0541 e. The van der Waals surface area contributed by atoms with E-state index in [2.05, 4.69) is 23.5 Å². The molecule has 0 unspecified atom stereocenters. The fourth-order valence-corrected chi connectivity index (χ4v) is 2.48. The van der Waals surface area contributed by atoms with Gasteiger partial charge in [0.15, 0.2) is 0 Å². The first kappa shape index (κ1) is 12.3. The summed E-state index contributed by atoms with van der Waals surface area (Å²) in [6.45, 7) is 9.15. The minimum Gasteiger partial charge on any atom is -0.396 e. The van der Waals surface area contributed by atoms with Crippen molar-refractivity contribution < 1.29 is 5.11 Å². The Balaban J connectivity index is 2.00. The normalized spacial score (nSPS) is 21.6. The average Bonchev–Trinajstić information content (AvgIpc) is 2.71. The van der Waals surface area contributed by atoms with Gasteiger partial charge in [-0.2, -0.15) is 5.10 Å². The Morgan fingerprint density at radius 2 is 2.47 bits per heavy atom. The van der Waals surface area contributed by atoms with Crippen molar-refractivity contribution in [3.8, 4) is 0 Å². The fraction of sp³-hybridized carbons (Fsp3) is 0.615. The molecule has 0 aliphatic carbocycles. The summed E-state index contributed by atoms with van der Waals surface area (Å²) in [6.07, 6.45) is 5.98. The Hall–Kier alpha value is -1.13. The minimum atomic E-state index is 0.307. The van der Waals surface area contributed by atoms with Gasteiger partial charge in [-0.1, -0.05) is 6.58 Å². The Kier molecular flexibility index (Phi) is 3.97. The van der Waals surface area contributed by atoms with E-state index in [9.17, 15) is 5.11 Å². The van der Waals surface area contributed by atoms with E-state index in [1.807, 2.05) is 10.9 Å². The molecule has 1 N–H and O–H groups in total. The Morgan fingerprint density at radius 1 is 1.65 bits per heavy atom. The summed E-state index contributed by atoms with van der Waals surface area (Å²) in [4.78, 5) is 2.40. The number of hydrogen-bond acceptors (Lipinski definition) is 3. The Bertz CT molecular complexity index is 386. The van der Waals surface area contributed by atoms with Crippen LogP contribution in [-0.4, -0.2) is 39.5 Å². The van der Waals surface area contributed by atoms with Crippen LogP contribution in [0.25, 0.3) is 6.20 Å². The van der Waals surface area contributed by atoms with Crippen LogP contribution in [0.1, 0.15) is 24.1 Å². The lowest BCUT2D eigenvalue weighted by Gasteiger charge is -2.31. The molecule has 4 nitrogen and oxygen atoms in total. The van der Waals surface area contributed by atoms with Crippen LogP contribution in [0.4, 0.5) is 0 Å². The zero-order valence-corrected chi connectivity index (χ0v) is 10.5. The van der Waals surface area contributed by atoms with Gasteiger partial charge in [-0.3, -0.25) is 4.90 Å². The molecule has 1 saturated heterocycles. The lowest BCUT2D eigenvalue weighted by Crippen LogP contribution is -2.36. The molecule has 0 saturated carbocycles. The van der Waals surface area contributed by atoms with E-state index in [1.165, 1.54) is 12.0 Å². The molecule has 4 heteroatoms. The SMILES string of the molecule is C=Cn1ncc(CN2CCC[C@@H](CO)C2)c1C. The highest BCUT2D eigenvalue weighted by atomic mass is 16.3. The van der Waals surface area contributed by atoms with Crippen LogP contribution in [0.5, 0.6) is 0 Å². The first-order valence-electron chi connectivity index (χ1n) is 6.23. The monoisotopic (exact) mass is 235 g/mol. The number of likely N-dealkylation sites (tertiary alicyclic amines) is 1. The molecule has 0 radical (unpaired) electrons. The van der Waals surface area contributed by atoms with Gasteiger partial charge in [0.05, 0.1) is 6.20 Å². The summed E-state index contributed by atoms with van der Waals surface area (Å²) < 4.78 is 1.81. The summed E-state index contributed by atoms with van der Waals surface area (Å²) in [7, 11) is 0. The van der Waals surface area contributed by atoms with Gasteiger partial charge in [-0.05, 0) is 32.2 Å². The van der Waals surface area contributed by atoms with Crippen LogP contribution >= 0.6 is 0 Å². The number of aromatic nitrogens is 2. The third kappa shape index (κ3) is 2.76. The lowest BCUT2D eigenvalue weighted by molar-refractivity contribution is 0.116. The van der Waals surface area contributed by atoms with Crippen LogP contribution < -0.4 is 0 Å². The van der Waals surface area contributed by atoms with Crippen molar-refractivity contribution in [1.82, 2.24) is 14.7 Å². The molecule has 0 bridgehead atoms. The van der Waals surface area contributed by atoms with Gasteiger partial charge in [0.2, 0.25) is 0 Å². The summed E-state index contributed by atoms with van der Waals surface area (Å²) in [5, 5.41) is 13.5. The number of rotatable bonds is 4. The van der Waals surface area contributed by atoms with E-state index in [4.69, 9.17) is 0 Å². The highest BCUT2D eigenvalue weighted by Crippen LogP contribution is 2.19. The molecule has 2 heterocycles. The maximum absolute atomic E-state index is 9.22. The first-order valence-corrected chi connectivity index (χ1v) is 6.23. The second-order valence-corrected chi connectivity index (χ2v) is 4.81. The molecule has 1 aliphatic rings. The predicted octanol–water partition coefficient (Wildman–Crippen LogP) is 1.50. The van der Waals surface area contributed by atoms with Gasteiger partial charge in [0.25, 0.3) is 0 Å². The molecule has 1 fully saturated rings. The second-order valence-electron chi connectivity index (χ2n) is 4.81. The van der Waals surface area contributed by atoms with Crippen molar-refractivity contribution in [1.29, 1.82) is 0 Å². The number of piperidine rings is 1. The third-order valence-electron chi connectivity index (χ3n) is 3.57. The third-order valence-corrected chi connectivity index (χ3v) is 3.57. The molecule has 0 spiro atoms. The zero-order valence-electron chi connectivity index (χ0n) is 10.5. The van der Waals surface area contributed by atoms with Crippen molar-refractivity contribution in [3.63, 3.8) is 0 Å². The topological polar surface area (TPSA) is 41.3 Å². The molecular formula is C13H21N3O. The summed E-state index contributed by atoms with van der Waals surface area (Å²) in [5.41, 5.74) is 2.41. The van der Waals surface area contributed by atoms with Gasteiger partial charge >= 0.3 is 0 Å². The van der Waals surface area contributed by atoms with Gasteiger partial charge in [0, 0.05) is 37.2 Å². The standard InChI is InChI=1S/C13H21N3O/c1-3-16-11(2)13(7-14-16)9-15-6-4-5-12(8-15)10-17/h3,7,12,17H,1,4-6,8-10H2,2H3/t12-/m1/s1. The summed E-state index contributed by atoms with van der Waals surface area (Å²) in [6, 6.07) is 0. The Morgan fingerprint density at radius 3 is 3.12 bits per heavy atom. The molecule has 0 amide bonds. The zero-order chi connectivity index (χ0) is 12.3. The van der Waals surface area contributed by atoms with E-state index in [-0.39, 0.29) is 0 Å². The molecule has 94 valence electrons. The predicted molar refractivity (Wildman–Crippen MR) is 68.4 cm³/mol. The number of nitrogens with zero attached hydrogens (tertiary/aromatic N) is 3. The van der Waals surface area contributed by atoms with Crippen molar-refractivity contribution in [2.45, 2.75) is 26.3 Å². The molecular weight excluding hydrogens is 214 g/mol. The molecule has 1 aliphatic heterocycles. The highest BCUT2D eigenvalue weighted by molar-refractivity contribution is 5.26. The average molecular weight is 235 g/mol. The first-order chi connectivity index (χ1) is 8.24. The van der Waals surface area contributed by atoms with E-state index >= 15 is 0 Å². The van der Waals surface area contributed by atoms with Crippen LogP contribution in [0.15, 0.2) is 12.8 Å². The maximum atomic E-state index is 9.22. The van der Waals surface area contributed by atoms with E-state index in [1.54, 1.807) is 6.20 Å². The van der Waals surface area contributed by atoms with Crippen molar-refractivity contribution in [2.75, 3.05) is 19.7 Å². The van der Waals surface area contributed by atoms with E-state index < -0.39 is 0 Å². The molecule has 2 rings (SSSR count). The van der Waals surface area contributed by atoms with Crippen LogP contribution in [0.2, 0.25) is 0 Å². The second kappa shape index (κ2) is 5.47. The highest BCUT2D eigenvalue weighted by Gasteiger charge is 2.20. The summed E-state index contributed by atoms with van der Waals surface area (Å²) >= 11 is 0. The minimum absolute atomic E-state index is 0.307. The number of aliphatic hydroxyl groups excluding tert-OH is 1. The van der Waals surface area contributed by atoms with Gasteiger partial charge in [-0.25, -0.2) is 4.68 Å². The Labute approximate surface area is 103 Å². The van der Waals surface area contributed by atoms with Crippen molar-refractivity contribution in [3.05, 3.63) is 24.0 Å². The van der Waals surface area contributed by atoms with Gasteiger partial charge < -0.3 is 5.11 Å². The molecule has 17 heavy (non-hydrogen) atoms. The quantitative estimate of drug-likeness (QED) is 0.860. The number of hydrogen-bond donors (Lipinski definition) is 1. The number of aliphatic hydroxyl groups is 1. The molecule has 0 aromatic carbocycles. The lowest BCUT2D eigenvalue weighted by atomic mass is 9.98. The van der Waals surface area contributed by atoms with Gasteiger partial charge in [-0.15, -0.1) is 0 Å². The molecule has 1 aromatic heterocycles. The fourth-order valence-electron chi connectivity index (χ4n) is 2.48. The van der Waals surface area contributed by atoms with E-state index in [0.29, 0.717) is 12.5 Å². The van der Waals surface area contributed by atoms with Crippen molar-refractivity contribution in [2.24, 2.45) is 5.92 Å². The molecule has 1 atom stereocenters. The van der Waals surface area contributed by atoms with Crippen LogP contribution in [0.3, 0.4) is 0 Å². The molecule has 1 aromatic rings. The van der Waals surface area contributed by atoms with Crippen LogP contribution in [0, 0.1) is 12.8 Å². The summed E-state index contributed by atoms with van der Waals surface area (Å²) in [5.74, 6) is 0.443. The largest absolute Gasteiger partial charge is 0.396 e. The van der Waals surface area contributed by atoms with E-state index in [0.717, 1.165) is 31.7 Å².